The first-order valence-electron chi connectivity index (χ1n) is 5.95. The van der Waals surface area contributed by atoms with Gasteiger partial charge in [-0.2, -0.15) is 0 Å². The molecule has 1 aliphatic heterocycles. The van der Waals surface area contributed by atoms with Gasteiger partial charge in [0.15, 0.2) is 5.78 Å². The normalized spacial score (nSPS) is 13.3. The van der Waals surface area contributed by atoms with Gasteiger partial charge in [-0.05, 0) is 17.2 Å². The molecule has 2 nitrogen and oxygen atoms in total. The van der Waals surface area contributed by atoms with Crippen LogP contribution in [0.3, 0.4) is 0 Å². The zero-order chi connectivity index (χ0) is 14.3. The topological polar surface area (TPSA) is 26.3 Å². The highest BCUT2D eigenvalue weighted by Crippen LogP contribution is 2.24. The number of rotatable bonds is 2. The Kier molecular flexibility index (Phi) is 3.06. The highest BCUT2D eigenvalue weighted by molar-refractivity contribution is 6.09. The summed E-state index contributed by atoms with van der Waals surface area (Å²) in [5.41, 5.74) is 1.17. The molecule has 20 heavy (non-hydrogen) atoms. The van der Waals surface area contributed by atoms with Crippen LogP contribution in [-0.4, -0.2) is 5.78 Å². The third kappa shape index (κ3) is 2.10. The Morgan fingerprint density at radius 1 is 0.950 bits per heavy atom. The van der Waals surface area contributed by atoms with E-state index in [1.165, 1.54) is 6.07 Å². The van der Waals surface area contributed by atoms with Crippen molar-refractivity contribution in [3.63, 3.8) is 0 Å². The summed E-state index contributed by atoms with van der Waals surface area (Å²) >= 11 is 0. The molecule has 0 atom stereocenters. The van der Waals surface area contributed by atoms with Crippen molar-refractivity contribution in [3.8, 4) is 0 Å². The van der Waals surface area contributed by atoms with E-state index in [0.717, 1.165) is 11.1 Å². The Labute approximate surface area is 112 Å². The molecule has 0 unspecified atom stereocenters. The van der Waals surface area contributed by atoms with E-state index in [1.807, 2.05) is 0 Å². The number of hydrogen-bond donors (Lipinski definition) is 0. The van der Waals surface area contributed by atoms with E-state index in [9.17, 15) is 18.0 Å². The Bertz CT molecular complexity index is 687. The molecule has 102 valence electrons. The van der Waals surface area contributed by atoms with Crippen molar-refractivity contribution < 1.29 is 22.7 Å². The lowest BCUT2D eigenvalue weighted by Crippen LogP contribution is -2.08. The van der Waals surface area contributed by atoms with Gasteiger partial charge in [-0.15, -0.1) is 0 Å². The number of ether oxygens (including phenoxy) is 1. The van der Waals surface area contributed by atoms with Gasteiger partial charge in [-0.3, -0.25) is 4.79 Å². The Morgan fingerprint density at radius 2 is 1.60 bits per heavy atom. The Balaban J connectivity index is 2.05. The quantitative estimate of drug-likeness (QED) is 0.787. The van der Waals surface area contributed by atoms with Crippen LogP contribution in [0.25, 0.3) is 0 Å². The van der Waals surface area contributed by atoms with Crippen molar-refractivity contribution in [1.82, 2.24) is 0 Å². The molecule has 0 bridgehead atoms. The number of carbonyl (C=O) groups excluding carboxylic acids is 1. The predicted octanol–water partition coefficient (Wildman–Crippen LogP) is 3.37. The molecular formula is C15H9F3O2. The molecule has 3 rings (SSSR count). The van der Waals surface area contributed by atoms with E-state index in [1.54, 1.807) is 12.1 Å². The van der Waals surface area contributed by atoms with Gasteiger partial charge in [0, 0.05) is 17.7 Å². The second kappa shape index (κ2) is 4.76. The van der Waals surface area contributed by atoms with E-state index in [-0.39, 0.29) is 5.56 Å². The summed E-state index contributed by atoms with van der Waals surface area (Å²) in [5.74, 6) is -4.28. The molecule has 0 amide bonds. The zero-order valence-corrected chi connectivity index (χ0v) is 10.3. The van der Waals surface area contributed by atoms with Crippen LogP contribution in [0, 0.1) is 17.5 Å². The van der Waals surface area contributed by atoms with Crippen LogP contribution in [-0.2, 0) is 18.0 Å². The largest absolute Gasteiger partial charge is 0.372 e. The monoisotopic (exact) mass is 278 g/mol. The fourth-order valence-electron chi connectivity index (χ4n) is 2.22. The van der Waals surface area contributed by atoms with Crippen molar-refractivity contribution >= 4 is 5.78 Å². The van der Waals surface area contributed by atoms with Gasteiger partial charge in [0.2, 0.25) is 0 Å². The predicted molar refractivity (Wildman–Crippen MR) is 64.7 cm³/mol. The van der Waals surface area contributed by atoms with Crippen molar-refractivity contribution in [2.24, 2.45) is 0 Å². The van der Waals surface area contributed by atoms with Crippen molar-refractivity contribution in [1.29, 1.82) is 0 Å². The average molecular weight is 278 g/mol. The van der Waals surface area contributed by atoms with Gasteiger partial charge in [-0.1, -0.05) is 12.1 Å². The van der Waals surface area contributed by atoms with Gasteiger partial charge in [0.05, 0.1) is 18.8 Å². The molecule has 1 heterocycles. The van der Waals surface area contributed by atoms with Gasteiger partial charge >= 0.3 is 0 Å². The number of benzene rings is 2. The molecule has 0 aromatic heterocycles. The zero-order valence-electron chi connectivity index (χ0n) is 10.3. The fourth-order valence-corrected chi connectivity index (χ4v) is 2.22. The molecule has 0 spiro atoms. The fraction of sp³-hybridized carbons (Fsp3) is 0.133. The molecule has 1 aliphatic rings. The third-order valence-corrected chi connectivity index (χ3v) is 3.22. The lowest BCUT2D eigenvalue weighted by molar-refractivity contribution is 0.103. The number of carbonyl (C=O) groups is 1. The summed E-state index contributed by atoms with van der Waals surface area (Å²) in [4.78, 5) is 12.2. The minimum Gasteiger partial charge on any atom is -0.372 e. The molecule has 0 radical (unpaired) electrons. The highest BCUT2D eigenvalue weighted by atomic mass is 19.1. The average Bonchev–Trinajstić information content (AvgIpc) is 2.84. The van der Waals surface area contributed by atoms with E-state index >= 15 is 0 Å². The number of ketones is 1. The maximum atomic E-state index is 13.6. The Morgan fingerprint density at radius 3 is 2.30 bits per heavy atom. The standard InChI is InChI=1S/C15H9F3O2/c16-11-4-12(17)14(13(18)5-11)15(19)8-1-2-9-6-20-7-10(9)3-8/h1-5H,6-7H2. The molecule has 0 aliphatic carbocycles. The van der Waals surface area contributed by atoms with E-state index in [0.29, 0.717) is 25.3 Å². The van der Waals surface area contributed by atoms with Crippen molar-refractivity contribution in [2.75, 3.05) is 0 Å². The minimum atomic E-state index is -1.20. The van der Waals surface area contributed by atoms with Crippen molar-refractivity contribution in [2.45, 2.75) is 13.2 Å². The number of halogens is 3. The van der Waals surface area contributed by atoms with Gasteiger partial charge in [0.1, 0.15) is 17.5 Å². The summed E-state index contributed by atoms with van der Waals surface area (Å²) in [7, 11) is 0. The molecule has 0 fully saturated rings. The maximum Gasteiger partial charge on any atom is 0.198 e. The first-order chi connectivity index (χ1) is 9.56. The molecular weight excluding hydrogens is 269 g/mol. The lowest BCUT2D eigenvalue weighted by atomic mass is 9.98. The summed E-state index contributed by atoms with van der Waals surface area (Å²) in [5, 5.41) is 0. The summed E-state index contributed by atoms with van der Waals surface area (Å²) in [6.45, 7) is 0.827. The van der Waals surface area contributed by atoms with Gasteiger partial charge in [0.25, 0.3) is 0 Å². The smallest absolute Gasteiger partial charge is 0.198 e. The third-order valence-electron chi connectivity index (χ3n) is 3.22. The van der Waals surface area contributed by atoms with Crippen LogP contribution in [0.4, 0.5) is 13.2 Å². The van der Waals surface area contributed by atoms with E-state index in [2.05, 4.69) is 0 Å². The van der Waals surface area contributed by atoms with Crippen LogP contribution in [0.5, 0.6) is 0 Å². The first-order valence-corrected chi connectivity index (χ1v) is 5.95. The van der Waals surface area contributed by atoms with Crippen LogP contribution in [0.1, 0.15) is 27.0 Å². The van der Waals surface area contributed by atoms with Crippen molar-refractivity contribution in [3.05, 3.63) is 70.0 Å². The first kappa shape index (κ1) is 12.9. The van der Waals surface area contributed by atoms with E-state index < -0.39 is 28.8 Å². The molecule has 2 aromatic carbocycles. The second-order valence-electron chi connectivity index (χ2n) is 4.55. The lowest BCUT2D eigenvalue weighted by Gasteiger charge is -2.06. The van der Waals surface area contributed by atoms with Crippen LogP contribution in [0.2, 0.25) is 0 Å². The SMILES string of the molecule is O=C(c1ccc2c(c1)COC2)c1c(F)cc(F)cc1F. The number of hydrogen-bond acceptors (Lipinski definition) is 2. The Hall–Kier alpha value is -2.14. The maximum absolute atomic E-state index is 13.6. The highest BCUT2D eigenvalue weighted by Gasteiger charge is 2.22. The minimum absolute atomic E-state index is 0.152. The molecule has 0 N–H and O–H groups in total. The van der Waals surface area contributed by atoms with Crippen LogP contribution >= 0.6 is 0 Å². The van der Waals surface area contributed by atoms with Gasteiger partial charge in [-0.25, -0.2) is 13.2 Å². The second-order valence-corrected chi connectivity index (χ2v) is 4.55. The molecule has 5 heteroatoms. The van der Waals surface area contributed by atoms with Gasteiger partial charge < -0.3 is 4.74 Å². The van der Waals surface area contributed by atoms with Crippen LogP contribution in [0.15, 0.2) is 30.3 Å². The number of fused-ring (bicyclic) bond motifs is 1. The van der Waals surface area contributed by atoms with Crippen LogP contribution < -0.4 is 0 Å². The molecule has 0 saturated heterocycles. The summed E-state index contributed by atoms with van der Waals surface area (Å²) in [6, 6.07) is 5.71. The summed E-state index contributed by atoms with van der Waals surface area (Å²) in [6.07, 6.45) is 0. The molecule has 0 saturated carbocycles. The van der Waals surface area contributed by atoms with E-state index in [4.69, 9.17) is 4.74 Å². The molecule has 2 aromatic rings. The summed E-state index contributed by atoms with van der Waals surface area (Å²) < 4.78 is 45.2.